The number of carbonyl (C=O) groups excluding carboxylic acids is 1. The van der Waals surface area contributed by atoms with Crippen molar-refractivity contribution in [2.45, 2.75) is 6.92 Å². The summed E-state index contributed by atoms with van der Waals surface area (Å²) in [5.41, 5.74) is 0.0152. The normalized spacial score (nSPS) is 10.1. The van der Waals surface area contributed by atoms with Gasteiger partial charge in [-0.15, -0.1) is 5.10 Å². The van der Waals surface area contributed by atoms with Crippen LogP contribution in [0.2, 0.25) is 0 Å². The molecule has 0 unspecified atom stereocenters. The molecule has 1 aromatic carbocycles. The Morgan fingerprint density at radius 1 is 1.50 bits per heavy atom. The third-order valence-electron chi connectivity index (χ3n) is 2.44. The first-order valence-corrected chi connectivity index (χ1v) is 5.54. The molecule has 1 amide bonds. The average Bonchev–Trinajstić information content (AvgIpc) is 2.85. The highest BCUT2D eigenvalue weighted by atomic mass is 16.6. The van der Waals surface area contributed by atoms with Crippen molar-refractivity contribution in [2.24, 2.45) is 0 Å². The largest absolute Gasteiger partial charge is 0.495 e. The molecule has 0 radical (unpaired) electrons. The Hall–Kier alpha value is -2.97. The molecular weight excluding hydrogens is 266 g/mol. The number of ether oxygens (including phenoxy) is 1. The highest BCUT2D eigenvalue weighted by molar-refractivity contribution is 6.02. The fourth-order valence-electron chi connectivity index (χ4n) is 1.53. The second-order valence-electron chi connectivity index (χ2n) is 3.84. The maximum Gasteiger partial charge on any atom is 0.295 e. The first-order valence-electron chi connectivity index (χ1n) is 5.54. The molecule has 104 valence electrons. The van der Waals surface area contributed by atoms with Gasteiger partial charge in [0.05, 0.1) is 17.7 Å². The maximum atomic E-state index is 11.9. The van der Waals surface area contributed by atoms with Crippen LogP contribution in [0.4, 0.5) is 11.4 Å². The van der Waals surface area contributed by atoms with Gasteiger partial charge in [-0.1, -0.05) is 0 Å². The Bertz CT molecular complexity index is 667. The lowest BCUT2D eigenvalue weighted by molar-refractivity contribution is -0.384. The highest BCUT2D eigenvalue weighted by Crippen LogP contribution is 2.29. The number of nitro groups is 1. The number of rotatable bonds is 4. The molecule has 0 saturated carbocycles. The first kappa shape index (κ1) is 13.5. The molecule has 1 aromatic heterocycles. The van der Waals surface area contributed by atoms with E-state index in [0.717, 1.165) is 0 Å². The van der Waals surface area contributed by atoms with Gasteiger partial charge in [-0.3, -0.25) is 20.0 Å². The molecule has 9 nitrogen and oxygen atoms in total. The van der Waals surface area contributed by atoms with Crippen molar-refractivity contribution >= 4 is 17.3 Å². The molecule has 9 heteroatoms. The predicted molar refractivity (Wildman–Crippen MR) is 68.7 cm³/mol. The van der Waals surface area contributed by atoms with E-state index in [9.17, 15) is 14.9 Å². The van der Waals surface area contributed by atoms with Crippen molar-refractivity contribution in [3.05, 3.63) is 40.0 Å². The number of nitro benzene ring substituents is 1. The van der Waals surface area contributed by atoms with Gasteiger partial charge < -0.3 is 10.1 Å². The molecule has 2 rings (SSSR count). The van der Waals surface area contributed by atoms with E-state index < -0.39 is 10.8 Å². The third kappa shape index (κ3) is 2.71. The van der Waals surface area contributed by atoms with Gasteiger partial charge in [0.1, 0.15) is 11.6 Å². The molecule has 0 fully saturated rings. The zero-order chi connectivity index (χ0) is 14.7. The number of aryl methyl sites for hydroxylation is 1. The standard InChI is InChI=1S/C11H11N5O4/c1-6-12-10(15-14-6)11(17)13-8-5-7(16(18)19)3-4-9(8)20-2/h3-5H,1-2H3,(H,13,17)(H,12,14,15). The Labute approximate surface area is 113 Å². The van der Waals surface area contributed by atoms with E-state index in [2.05, 4.69) is 20.5 Å². The molecule has 1 heterocycles. The summed E-state index contributed by atoms with van der Waals surface area (Å²) in [4.78, 5) is 25.9. The van der Waals surface area contributed by atoms with E-state index in [-0.39, 0.29) is 17.2 Å². The number of hydrogen-bond acceptors (Lipinski definition) is 6. The molecule has 0 aliphatic rings. The summed E-state index contributed by atoms with van der Waals surface area (Å²) in [6, 6.07) is 3.89. The number of aromatic amines is 1. The first-order chi connectivity index (χ1) is 9.51. The van der Waals surface area contributed by atoms with E-state index >= 15 is 0 Å². The van der Waals surface area contributed by atoms with Gasteiger partial charge in [0.25, 0.3) is 11.6 Å². The fraction of sp³-hybridized carbons (Fsp3) is 0.182. The number of non-ortho nitro benzene ring substituents is 1. The summed E-state index contributed by atoms with van der Waals surface area (Å²) in [7, 11) is 1.40. The molecule has 0 atom stereocenters. The lowest BCUT2D eigenvalue weighted by Crippen LogP contribution is -2.14. The second-order valence-corrected chi connectivity index (χ2v) is 3.84. The van der Waals surface area contributed by atoms with Gasteiger partial charge in [0, 0.05) is 12.1 Å². The van der Waals surface area contributed by atoms with E-state index in [0.29, 0.717) is 11.6 Å². The van der Waals surface area contributed by atoms with Crippen molar-refractivity contribution < 1.29 is 14.5 Å². The van der Waals surface area contributed by atoms with Crippen molar-refractivity contribution in [1.82, 2.24) is 15.2 Å². The van der Waals surface area contributed by atoms with Crippen molar-refractivity contribution in [3.63, 3.8) is 0 Å². The van der Waals surface area contributed by atoms with Crippen molar-refractivity contribution in [2.75, 3.05) is 12.4 Å². The van der Waals surface area contributed by atoms with Gasteiger partial charge in [0.15, 0.2) is 0 Å². The van der Waals surface area contributed by atoms with Crippen LogP contribution < -0.4 is 10.1 Å². The number of carbonyl (C=O) groups is 1. The van der Waals surface area contributed by atoms with Gasteiger partial charge in [-0.05, 0) is 13.0 Å². The number of aromatic nitrogens is 3. The number of nitrogens with one attached hydrogen (secondary N) is 2. The summed E-state index contributed by atoms with van der Waals surface area (Å²) in [6.07, 6.45) is 0. The molecular formula is C11H11N5O4. The Kier molecular flexibility index (Phi) is 3.60. The zero-order valence-electron chi connectivity index (χ0n) is 10.7. The quantitative estimate of drug-likeness (QED) is 0.641. The van der Waals surface area contributed by atoms with Crippen molar-refractivity contribution in [1.29, 1.82) is 0 Å². The van der Waals surface area contributed by atoms with Crippen LogP contribution in [0.1, 0.15) is 16.4 Å². The molecule has 0 aliphatic carbocycles. The number of hydrogen-bond donors (Lipinski definition) is 2. The fourth-order valence-corrected chi connectivity index (χ4v) is 1.53. The third-order valence-corrected chi connectivity index (χ3v) is 2.44. The highest BCUT2D eigenvalue weighted by Gasteiger charge is 2.16. The maximum absolute atomic E-state index is 11.9. The van der Waals surface area contributed by atoms with Gasteiger partial charge >= 0.3 is 0 Å². The van der Waals surface area contributed by atoms with Crippen LogP contribution in [0.15, 0.2) is 18.2 Å². The Balaban J connectivity index is 2.29. The molecule has 0 bridgehead atoms. The van der Waals surface area contributed by atoms with E-state index in [1.165, 1.54) is 25.3 Å². The number of nitrogens with zero attached hydrogens (tertiary/aromatic N) is 3. The average molecular weight is 277 g/mol. The SMILES string of the molecule is COc1ccc([N+](=O)[O-])cc1NC(=O)c1n[nH]c(C)n1. The van der Waals surface area contributed by atoms with E-state index in [1.807, 2.05) is 0 Å². The molecule has 2 N–H and O–H groups in total. The molecule has 0 spiro atoms. The van der Waals surface area contributed by atoms with Crippen LogP contribution in [-0.4, -0.2) is 33.1 Å². The number of H-pyrrole nitrogens is 1. The summed E-state index contributed by atoms with van der Waals surface area (Å²) in [6.45, 7) is 1.65. The van der Waals surface area contributed by atoms with Crippen LogP contribution >= 0.6 is 0 Å². The van der Waals surface area contributed by atoms with Gasteiger partial charge in [-0.2, -0.15) is 0 Å². The summed E-state index contributed by atoms with van der Waals surface area (Å²) < 4.78 is 5.04. The topological polar surface area (TPSA) is 123 Å². The summed E-state index contributed by atoms with van der Waals surface area (Å²) in [5.74, 6) is 0.140. The molecule has 0 saturated heterocycles. The Morgan fingerprint density at radius 3 is 2.80 bits per heavy atom. The molecule has 20 heavy (non-hydrogen) atoms. The number of methoxy groups -OCH3 is 1. The molecule has 0 aliphatic heterocycles. The number of amides is 1. The number of anilines is 1. The predicted octanol–water partition coefficient (Wildman–Crippen LogP) is 1.28. The monoisotopic (exact) mass is 277 g/mol. The summed E-state index contributed by atoms with van der Waals surface area (Å²) in [5, 5.41) is 19.4. The van der Waals surface area contributed by atoms with Gasteiger partial charge in [0.2, 0.25) is 5.82 Å². The van der Waals surface area contributed by atoms with Crippen LogP contribution in [0, 0.1) is 17.0 Å². The lowest BCUT2D eigenvalue weighted by Gasteiger charge is -2.08. The van der Waals surface area contributed by atoms with Crippen LogP contribution in [-0.2, 0) is 0 Å². The molecule has 2 aromatic rings. The lowest BCUT2D eigenvalue weighted by atomic mass is 10.2. The minimum Gasteiger partial charge on any atom is -0.495 e. The van der Waals surface area contributed by atoms with Crippen LogP contribution in [0.5, 0.6) is 5.75 Å². The zero-order valence-corrected chi connectivity index (χ0v) is 10.7. The van der Waals surface area contributed by atoms with E-state index in [1.54, 1.807) is 6.92 Å². The van der Waals surface area contributed by atoms with E-state index in [4.69, 9.17) is 4.74 Å². The second kappa shape index (κ2) is 5.34. The summed E-state index contributed by atoms with van der Waals surface area (Å²) >= 11 is 0. The Morgan fingerprint density at radius 2 is 2.25 bits per heavy atom. The van der Waals surface area contributed by atoms with Gasteiger partial charge in [-0.25, -0.2) is 4.98 Å². The van der Waals surface area contributed by atoms with Crippen LogP contribution in [0.3, 0.4) is 0 Å². The van der Waals surface area contributed by atoms with Crippen LogP contribution in [0.25, 0.3) is 0 Å². The van der Waals surface area contributed by atoms with Crippen molar-refractivity contribution in [3.8, 4) is 5.75 Å². The number of benzene rings is 1. The minimum absolute atomic E-state index is 0.0592. The smallest absolute Gasteiger partial charge is 0.295 e. The minimum atomic E-state index is -0.590.